The number of aromatic nitrogens is 1. The van der Waals surface area contributed by atoms with Crippen LogP contribution in [0.2, 0.25) is 0 Å². The van der Waals surface area contributed by atoms with E-state index in [1.54, 1.807) is 0 Å². The van der Waals surface area contributed by atoms with E-state index in [1.807, 2.05) is 6.92 Å². The second-order valence-corrected chi connectivity index (χ2v) is 6.58. The Morgan fingerprint density at radius 3 is 3.05 bits per heavy atom. The average Bonchev–Trinajstić information content (AvgIpc) is 2.72. The van der Waals surface area contributed by atoms with Crippen molar-refractivity contribution in [2.75, 3.05) is 6.61 Å². The van der Waals surface area contributed by atoms with Crippen LogP contribution in [0.4, 0.5) is 0 Å². The van der Waals surface area contributed by atoms with Gasteiger partial charge in [-0.25, -0.2) is 0 Å². The van der Waals surface area contributed by atoms with E-state index in [9.17, 15) is 4.79 Å². The molecule has 106 valence electrons. The fourth-order valence-corrected chi connectivity index (χ4v) is 3.70. The zero-order valence-corrected chi connectivity index (χ0v) is 13.9. The maximum atomic E-state index is 12.0. The fourth-order valence-electron chi connectivity index (χ4n) is 3.21. The van der Waals surface area contributed by atoms with Gasteiger partial charge in [0, 0.05) is 27.2 Å². The number of aryl methyl sites for hydroxylation is 1. The summed E-state index contributed by atoms with van der Waals surface area (Å²) in [7, 11) is 2.12. The number of carbonyl (C=O) groups is 1. The Kier molecular flexibility index (Phi) is 3.75. The molecule has 0 N–H and O–H groups in total. The summed E-state index contributed by atoms with van der Waals surface area (Å²) in [5.74, 6) is -0.0216. The molecule has 4 heteroatoms. The van der Waals surface area contributed by atoms with Crippen LogP contribution in [0.25, 0.3) is 10.9 Å². The fraction of sp³-hybridized carbons (Fsp3) is 0.438. The second-order valence-electron chi connectivity index (χ2n) is 5.34. The number of hydrogen-bond acceptors (Lipinski definition) is 2. The zero-order valence-electron chi connectivity index (χ0n) is 11.8. The minimum absolute atomic E-state index is 0.0194. The number of carbonyl (C=O) groups excluding carboxylic acids is 1. The Hall–Kier alpha value is -1.04. The van der Waals surface area contributed by atoms with Crippen molar-refractivity contribution in [3.63, 3.8) is 0 Å². The van der Waals surface area contributed by atoms with Crippen molar-refractivity contribution in [1.29, 1.82) is 0 Å². The number of rotatable bonds is 2. The first-order valence-electron chi connectivity index (χ1n) is 7.04. The van der Waals surface area contributed by atoms with Gasteiger partial charge in [-0.1, -0.05) is 0 Å². The van der Waals surface area contributed by atoms with E-state index in [1.165, 1.54) is 25.7 Å². The van der Waals surface area contributed by atoms with Crippen LogP contribution in [0.5, 0.6) is 0 Å². The molecule has 0 bridgehead atoms. The van der Waals surface area contributed by atoms with Crippen LogP contribution in [-0.2, 0) is 29.4 Å². The number of ether oxygens (including phenoxy) is 1. The van der Waals surface area contributed by atoms with Crippen LogP contribution in [0.3, 0.4) is 0 Å². The third-order valence-electron chi connectivity index (χ3n) is 4.20. The smallest absolute Gasteiger partial charge is 0.309 e. The predicted octanol–water partition coefficient (Wildman–Crippen LogP) is 3.45. The summed E-state index contributed by atoms with van der Waals surface area (Å²) in [5.41, 5.74) is 3.98. The Morgan fingerprint density at radius 1 is 1.50 bits per heavy atom. The molecule has 1 aromatic carbocycles. The molecule has 3 rings (SSSR count). The van der Waals surface area contributed by atoms with E-state index in [-0.39, 0.29) is 11.9 Å². The van der Waals surface area contributed by atoms with E-state index in [0.29, 0.717) is 6.61 Å². The zero-order chi connectivity index (χ0) is 14.3. The van der Waals surface area contributed by atoms with Crippen LogP contribution in [0, 0.1) is 9.49 Å². The topological polar surface area (TPSA) is 31.2 Å². The third kappa shape index (κ3) is 2.24. The van der Waals surface area contributed by atoms with Crippen molar-refractivity contribution in [3.05, 3.63) is 33.0 Å². The average molecular weight is 383 g/mol. The van der Waals surface area contributed by atoms with Crippen molar-refractivity contribution in [2.45, 2.75) is 26.2 Å². The lowest BCUT2D eigenvalue weighted by molar-refractivity contribution is -0.148. The van der Waals surface area contributed by atoms with Crippen LogP contribution in [0.15, 0.2) is 18.2 Å². The summed E-state index contributed by atoms with van der Waals surface area (Å²) in [4.78, 5) is 12.0. The molecule has 0 spiro atoms. The number of fused-ring (bicyclic) bond motifs is 3. The highest BCUT2D eigenvalue weighted by Crippen LogP contribution is 2.34. The lowest BCUT2D eigenvalue weighted by Crippen LogP contribution is -2.25. The summed E-state index contributed by atoms with van der Waals surface area (Å²) in [6.45, 7) is 2.34. The molecule has 0 fully saturated rings. The molecule has 0 amide bonds. The molecule has 20 heavy (non-hydrogen) atoms. The standard InChI is InChI=1S/C16H18INO2/c1-3-20-16(19)10-4-6-14-12(8-10)13-9-11(17)5-7-15(13)18(14)2/h5,7,9-10H,3-4,6,8H2,1-2H3. The first-order chi connectivity index (χ1) is 9.61. The molecule has 1 heterocycles. The quantitative estimate of drug-likeness (QED) is 0.588. The summed E-state index contributed by atoms with van der Waals surface area (Å²) in [6, 6.07) is 6.54. The van der Waals surface area contributed by atoms with Crippen LogP contribution in [0.1, 0.15) is 24.6 Å². The molecular weight excluding hydrogens is 365 g/mol. The highest BCUT2D eigenvalue weighted by Gasteiger charge is 2.29. The normalized spacial score (nSPS) is 18.1. The lowest BCUT2D eigenvalue weighted by Gasteiger charge is -2.21. The van der Waals surface area contributed by atoms with Crippen molar-refractivity contribution in [2.24, 2.45) is 13.0 Å². The van der Waals surface area contributed by atoms with E-state index >= 15 is 0 Å². The molecule has 0 saturated carbocycles. The molecule has 2 aromatic rings. The summed E-state index contributed by atoms with van der Waals surface area (Å²) in [6.07, 6.45) is 2.67. The van der Waals surface area contributed by atoms with Gasteiger partial charge in [0.2, 0.25) is 0 Å². The molecule has 0 radical (unpaired) electrons. The lowest BCUT2D eigenvalue weighted by atomic mass is 9.86. The SMILES string of the molecule is CCOC(=O)C1CCc2c(c3cc(I)ccc3n2C)C1. The number of benzene rings is 1. The molecule has 0 saturated heterocycles. The van der Waals surface area contributed by atoms with E-state index in [4.69, 9.17) is 4.74 Å². The van der Waals surface area contributed by atoms with Crippen LogP contribution < -0.4 is 0 Å². The molecule has 1 atom stereocenters. The molecule has 3 nitrogen and oxygen atoms in total. The largest absolute Gasteiger partial charge is 0.466 e. The van der Waals surface area contributed by atoms with Crippen molar-refractivity contribution in [1.82, 2.24) is 4.57 Å². The van der Waals surface area contributed by atoms with Gasteiger partial charge in [-0.15, -0.1) is 0 Å². The number of hydrogen-bond donors (Lipinski definition) is 0. The molecule has 1 aliphatic rings. The number of halogens is 1. The van der Waals surface area contributed by atoms with Crippen molar-refractivity contribution >= 4 is 39.5 Å². The summed E-state index contributed by atoms with van der Waals surface area (Å²) < 4.78 is 8.71. The Bertz CT molecular complexity index is 675. The first-order valence-corrected chi connectivity index (χ1v) is 8.12. The number of nitrogens with zero attached hydrogens (tertiary/aromatic N) is 1. The Morgan fingerprint density at radius 2 is 2.30 bits per heavy atom. The number of esters is 1. The molecule has 1 unspecified atom stereocenters. The highest BCUT2D eigenvalue weighted by molar-refractivity contribution is 14.1. The second kappa shape index (κ2) is 5.39. The van der Waals surface area contributed by atoms with Crippen LogP contribution in [-0.4, -0.2) is 17.1 Å². The maximum Gasteiger partial charge on any atom is 0.309 e. The van der Waals surface area contributed by atoms with Gasteiger partial charge in [-0.3, -0.25) is 4.79 Å². The van der Waals surface area contributed by atoms with Gasteiger partial charge in [-0.05, 0) is 72.5 Å². The van der Waals surface area contributed by atoms with Crippen molar-refractivity contribution in [3.8, 4) is 0 Å². The van der Waals surface area contributed by atoms with Gasteiger partial charge in [0.05, 0.1) is 12.5 Å². The third-order valence-corrected chi connectivity index (χ3v) is 4.87. The molecule has 1 aromatic heterocycles. The molecule has 0 aliphatic heterocycles. The van der Waals surface area contributed by atoms with E-state index in [2.05, 4.69) is 52.4 Å². The minimum Gasteiger partial charge on any atom is -0.466 e. The van der Waals surface area contributed by atoms with Gasteiger partial charge in [-0.2, -0.15) is 0 Å². The van der Waals surface area contributed by atoms with Crippen LogP contribution >= 0.6 is 22.6 Å². The van der Waals surface area contributed by atoms with Crippen molar-refractivity contribution < 1.29 is 9.53 Å². The molecular formula is C16H18INO2. The minimum atomic E-state index is -0.0409. The van der Waals surface area contributed by atoms with Gasteiger partial charge in [0.15, 0.2) is 0 Å². The van der Waals surface area contributed by atoms with Gasteiger partial charge >= 0.3 is 5.97 Å². The van der Waals surface area contributed by atoms with Gasteiger partial charge in [0.1, 0.15) is 0 Å². The van der Waals surface area contributed by atoms with E-state index < -0.39 is 0 Å². The summed E-state index contributed by atoms with van der Waals surface area (Å²) in [5, 5.41) is 1.29. The van der Waals surface area contributed by atoms with Gasteiger partial charge < -0.3 is 9.30 Å². The monoisotopic (exact) mass is 383 g/mol. The highest BCUT2D eigenvalue weighted by atomic mass is 127. The van der Waals surface area contributed by atoms with E-state index in [0.717, 1.165) is 19.3 Å². The molecule has 1 aliphatic carbocycles. The summed E-state index contributed by atoms with van der Waals surface area (Å²) >= 11 is 2.34. The predicted molar refractivity (Wildman–Crippen MR) is 87.8 cm³/mol. The Balaban J connectivity index is 2.04. The first kappa shape index (κ1) is 13.9. The van der Waals surface area contributed by atoms with Gasteiger partial charge in [0.25, 0.3) is 0 Å². The Labute approximate surface area is 132 Å². The maximum absolute atomic E-state index is 12.0.